The summed E-state index contributed by atoms with van der Waals surface area (Å²) >= 11 is 0. The molecule has 1 aromatic heterocycles. The Hall–Kier alpha value is -2.34. The maximum absolute atomic E-state index is 10.9. The maximum atomic E-state index is 10.9. The molecule has 6 nitrogen and oxygen atoms in total. The van der Waals surface area contributed by atoms with Crippen molar-refractivity contribution in [3.63, 3.8) is 0 Å². The fraction of sp³-hybridized carbons (Fsp3) is 0.231. The van der Waals surface area contributed by atoms with Crippen LogP contribution in [0.3, 0.4) is 0 Å². The van der Waals surface area contributed by atoms with Gasteiger partial charge >= 0.3 is 5.97 Å². The largest absolute Gasteiger partial charge is 0.507 e. The highest BCUT2D eigenvalue weighted by atomic mass is 16.4. The van der Waals surface area contributed by atoms with Crippen molar-refractivity contribution >= 4 is 22.6 Å². The lowest BCUT2D eigenvalue weighted by Crippen LogP contribution is -2.03. The first kappa shape index (κ1) is 13.1. The lowest BCUT2D eigenvalue weighted by Gasteiger charge is -2.10. The number of anilines is 1. The molecule has 6 heteroatoms. The summed E-state index contributed by atoms with van der Waals surface area (Å²) in [6, 6.07) is 4.47. The monoisotopic (exact) mass is 262 g/mol. The van der Waals surface area contributed by atoms with Crippen LogP contribution < -0.4 is 5.73 Å². The summed E-state index contributed by atoms with van der Waals surface area (Å²) in [7, 11) is 0. The molecule has 1 heterocycles. The van der Waals surface area contributed by atoms with Crippen LogP contribution in [0.1, 0.15) is 22.5 Å². The van der Waals surface area contributed by atoms with E-state index in [4.69, 9.17) is 15.9 Å². The number of aliphatic hydroxyl groups is 1. The lowest BCUT2D eigenvalue weighted by atomic mass is 10.0. The predicted octanol–water partition coefficient (Wildman–Crippen LogP) is 1.15. The summed E-state index contributed by atoms with van der Waals surface area (Å²) < 4.78 is 0. The average molecular weight is 262 g/mol. The average Bonchev–Trinajstić information content (AvgIpc) is 2.38. The molecule has 0 fully saturated rings. The number of aromatic carboxylic acids is 1. The second-order valence-corrected chi connectivity index (χ2v) is 4.20. The van der Waals surface area contributed by atoms with Crippen molar-refractivity contribution in [3.8, 4) is 5.75 Å². The van der Waals surface area contributed by atoms with Crippen LogP contribution in [0.15, 0.2) is 18.2 Å². The highest BCUT2D eigenvalue weighted by Gasteiger charge is 2.15. The Labute approximate surface area is 109 Å². The summed E-state index contributed by atoms with van der Waals surface area (Å²) in [5.74, 6) is -1.39. The number of aryl methyl sites for hydroxylation is 1. The molecule has 0 unspecified atom stereocenters. The van der Waals surface area contributed by atoms with Gasteiger partial charge in [-0.25, -0.2) is 9.78 Å². The number of aliphatic hydroxyl groups excluding tert-OH is 1. The molecule has 100 valence electrons. The first-order chi connectivity index (χ1) is 9.04. The van der Waals surface area contributed by atoms with Crippen LogP contribution in [0.25, 0.3) is 10.9 Å². The molecule has 0 aliphatic rings. The zero-order valence-corrected chi connectivity index (χ0v) is 10.1. The van der Waals surface area contributed by atoms with E-state index in [2.05, 4.69) is 4.98 Å². The number of nitrogens with zero attached hydrogens (tertiary/aromatic N) is 1. The van der Waals surface area contributed by atoms with Crippen LogP contribution in [0, 0.1) is 0 Å². The standard InChI is InChI=1S/C13H14N2O4/c14-8-4-3-7(2-1-5-16)11-10(17)6-9(13(18)19)15-12(8)11/h3-4,6,16H,1-2,5,14H2,(H,15,17)(H,18,19). The predicted molar refractivity (Wildman–Crippen MR) is 70.2 cm³/mol. The third-order valence-corrected chi connectivity index (χ3v) is 2.88. The molecule has 0 saturated heterocycles. The van der Waals surface area contributed by atoms with Gasteiger partial charge in [-0.15, -0.1) is 0 Å². The Morgan fingerprint density at radius 1 is 1.37 bits per heavy atom. The molecular weight excluding hydrogens is 248 g/mol. The second kappa shape index (κ2) is 5.11. The Bertz CT molecular complexity index is 640. The van der Waals surface area contributed by atoms with Crippen molar-refractivity contribution in [2.45, 2.75) is 12.8 Å². The second-order valence-electron chi connectivity index (χ2n) is 4.20. The molecule has 0 spiro atoms. The molecule has 0 aliphatic heterocycles. The third kappa shape index (κ3) is 2.43. The van der Waals surface area contributed by atoms with Crippen molar-refractivity contribution in [3.05, 3.63) is 29.5 Å². The van der Waals surface area contributed by atoms with Crippen LogP contribution in [-0.2, 0) is 6.42 Å². The van der Waals surface area contributed by atoms with E-state index >= 15 is 0 Å². The van der Waals surface area contributed by atoms with Gasteiger partial charge in [-0.05, 0) is 24.5 Å². The highest BCUT2D eigenvalue weighted by Crippen LogP contribution is 2.32. The van der Waals surface area contributed by atoms with E-state index < -0.39 is 5.97 Å². The van der Waals surface area contributed by atoms with Gasteiger partial charge in [-0.1, -0.05) is 6.07 Å². The molecule has 2 aromatic rings. The number of rotatable bonds is 4. The van der Waals surface area contributed by atoms with Crippen LogP contribution in [-0.4, -0.2) is 32.9 Å². The number of fused-ring (bicyclic) bond motifs is 1. The number of pyridine rings is 1. The van der Waals surface area contributed by atoms with Gasteiger partial charge in [0.25, 0.3) is 0 Å². The number of carboxylic acid groups (broad SMARTS) is 1. The van der Waals surface area contributed by atoms with Crippen molar-refractivity contribution in [1.82, 2.24) is 4.98 Å². The Morgan fingerprint density at radius 3 is 2.74 bits per heavy atom. The maximum Gasteiger partial charge on any atom is 0.354 e. The summed E-state index contributed by atoms with van der Waals surface area (Å²) in [5, 5.41) is 28.2. The molecule has 1 aromatic carbocycles. The normalized spacial score (nSPS) is 10.8. The summed E-state index contributed by atoms with van der Waals surface area (Å²) in [6.07, 6.45) is 1.09. The minimum atomic E-state index is -1.22. The van der Waals surface area contributed by atoms with Gasteiger partial charge in [0.05, 0.1) is 11.2 Å². The van der Waals surface area contributed by atoms with Gasteiger partial charge in [-0.3, -0.25) is 0 Å². The van der Waals surface area contributed by atoms with Gasteiger partial charge in [0, 0.05) is 18.1 Å². The van der Waals surface area contributed by atoms with Crippen LogP contribution in [0.4, 0.5) is 5.69 Å². The molecule has 2 rings (SSSR count). The fourth-order valence-corrected chi connectivity index (χ4v) is 2.00. The lowest BCUT2D eigenvalue weighted by molar-refractivity contribution is 0.0690. The zero-order chi connectivity index (χ0) is 14.0. The van der Waals surface area contributed by atoms with Gasteiger partial charge in [0.2, 0.25) is 0 Å². The van der Waals surface area contributed by atoms with Crippen molar-refractivity contribution < 1.29 is 20.1 Å². The van der Waals surface area contributed by atoms with Gasteiger partial charge in [-0.2, -0.15) is 0 Å². The van der Waals surface area contributed by atoms with Gasteiger partial charge in [0.15, 0.2) is 5.69 Å². The first-order valence-corrected chi connectivity index (χ1v) is 5.80. The molecule has 0 bridgehead atoms. The molecule has 0 aliphatic carbocycles. The van der Waals surface area contributed by atoms with Crippen LogP contribution >= 0.6 is 0 Å². The summed E-state index contributed by atoms with van der Waals surface area (Å²) in [5.41, 5.74) is 6.88. The third-order valence-electron chi connectivity index (χ3n) is 2.88. The molecule has 0 saturated carbocycles. The SMILES string of the molecule is Nc1ccc(CCCO)c2c(O)cc(C(=O)O)nc12. The van der Waals surface area contributed by atoms with E-state index in [0.717, 1.165) is 11.6 Å². The molecule has 19 heavy (non-hydrogen) atoms. The molecule has 0 amide bonds. The van der Waals surface area contributed by atoms with Crippen LogP contribution in [0.2, 0.25) is 0 Å². The number of hydrogen-bond acceptors (Lipinski definition) is 5. The first-order valence-electron chi connectivity index (χ1n) is 5.80. The van der Waals surface area contributed by atoms with Crippen molar-refractivity contribution in [1.29, 1.82) is 0 Å². The van der Waals surface area contributed by atoms with E-state index in [0.29, 0.717) is 23.9 Å². The minimum absolute atomic E-state index is 0.0350. The van der Waals surface area contributed by atoms with Crippen molar-refractivity contribution in [2.24, 2.45) is 0 Å². The number of nitrogen functional groups attached to an aromatic ring is 1. The van der Waals surface area contributed by atoms with E-state index in [1.165, 1.54) is 0 Å². The number of carboxylic acids is 1. The summed E-state index contributed by atoms with van der Waals surface area (Å²) in [4.78, 5) is 14.9. The van der Waals surface area contributed by atoms with E-state index in [1.807, 2.05) is 0 Å². The number of aromatic nitrogens is 1. The quantitative estimate of drug-likeness (QED) is 0.614. The Morgan fingerprint density at radius 2 is 2.11 bits per heavy atom. The van der Waals surface area contributed by atoms with Gasteiger partial charge < -0.3 is 21.1 Å². The zero-order valence-electron chi connectivity index (χ0n) is 10.1. The Kier molecular flexibility index (Phi) is 3.52. The highest BCUT2D eigenvalue weighted by molar-refractivity contribution is 5.99. The van der Waals surface area contributed by atoms with Crippen molar-refractivity contribution in [2.75, 3.05) is 12.3 Å². The van der Waals surface area contributed by atoms with Crippen LogP contribution in [0.5, 0.6) is 5.75 Å². The van der Waals surface area contributed by atoms with E-state index in [-0.39, 0.29) is 23.6 Å². The number of hydrogen-bond donors (Lipinski definition) is 4. The molecule has 0 atom stereocenters. The number of carbonyl (C=O) groups is 1. The number of aromatic hydroxyl groups is 1. The molecular formula is C13H14N2O4. The van der Waals surface area contributed by atoms with Gasteiger partial charge in [0.1, 0.15) is 5.75 Å². The smallest absolute Gasteiger partial charge is 0.354 e. The number of nitrogens with two attached hydrogens (primary N) is 1. The number of benzene rings is 1. The topological polar surface area (TPSA) is 117 Å². The van der Waals surface area contributed by atoms with E-state index in [1.54, 1.807) is 12.1 Å². The fourth-order valence-electron chi connectivity index (χ4n) is 2.00. The van der Waals surface area contributed by atoms with E-state index in [9.17, 15) is 9.90 Å². The Balaban J connectivity index is 2.69. The molecule has 0 radical (unpaired) electrons. The summed E-state index contributed by atoms with van der Waals surface area (Å²) in [6.45, 7) is 0.0350. The molecule has 5 N–H and O–H groups in total. The minimum Gasteiger partial charge on any atom is -0.507 e.